The fraction of sp³-hybridized carbons (Fsp3) is 0.0769. The number of halogens is 1. The summed E-state index contributed by atoms with van der Waals surface area (Å²) in [7, 11) is 1.76. The second-order valence-corrected chi connectivity index (χ2v) is 4.32. The maximum Gasteiger partial charge on any atom is 0.193 e. The van der Waals surface area contributed by atoms with Crippen LogP contribution in [0.2, 0.25) is 5.15 Å². The number of aromatic nitrogens is 2. The predicted molar refractivity (Wildman–Crippen MR) is 69.7 cm³/mol. The van der Waals surface area contributed by atoms with Crippen LogP contribution in [0.4, 0.5) is 0 Å². The van der Waals surface area contributed by atoms with Crippen LogP contribution in [0.3, 0.4) is 0 Å². The SMILES string of the molecule is Cn1c(Cl)cnc1-c1cc(=O)c2ccccc2o1. The van der Waals surface area contributed by atoms with Crippen LogP contribution in [-0.2, 0) is 7.05 Å². The van der Waals surface area contributed by atoms with Crippen molar-refractivity contribution in [3.63, 3.8) is 0 Å². The van der Waals surface area contributed by atoms with Gasteiger partial charge in [0.05, 0.1) is 11.6 Å². The van der Waals surface area contributed by atoms with E-state index < -0.39 is 0 Å². The topological polar surface area (TPSA) is 48.0 Å². The summed E-state index contributed by atoms with van der Waals surface area (Å²) in [6.07, 6.45) is 1.52. The number of fused-ring (bicyclic) bond motifs is 1. The summed E-state index contributed by atoms with van der Waals surface area (Å²) in [6.45, 7) is 0. The van der Waals surface area contributed by atoms with Gasteiger partial charge in [-0.25, -0.2) is 4.98 Å². The number of imidazole rings is 1. The number of benzene rings is 1. The Balaban J connectivity index is 2.31. The lowest BCUT2D eigenvalue weighted by Gasteiger charge is -2.03. The summed E-state index contributed by atoms with van der Waals surface area (Å²) in [5.74, 6) is 0.941. The molecule has 0 bridgehead atoms. The number of nitrogens with zero attached hydrogens (tertiary/aromatic N) is 2. The summed E-state index contributed by atoms with van der Waals surface area (Å²) in [5.41, 5.74) is 0.449. The summed E-state index contributed by atoms with van der Waals surface area (Å²) in [4.78, 5) is 16.1. The maximum absolute atomic E-state index is 12.0. The fourth-order valence-corrected chi connectivity index (χ4v) is 1.96. The van der Waals surface area contributed by atoms with E-state index in [2.05, 4.69) is 4.98 Å². The summed E-state index contributed by atoms with van der Waals surface area (Å²) in [5, 5.41) is 1.04. The van der Waals surface area contributed by atoms with E-state index in [1.807, 2.05) is 6.07 Å². The monoisotopic (exact) mass is 260 g/mol. The first-order valence-electron chi connectivity index (χ1n) is 5.37. The van der Waals surface area contributed by atoms with Crippen LogP contribution in [0.1, 0.15) is 0 Å². The Morgan fingerprint density at radius 1 is 1.33 bits per heavy atom. The van der Waals surface area contributed by atoms with Gasteiger partial charge in [0, 0.05) is 13.1 Å². The van der Waals surface area contributed by atoms with Crippen LogP contribution >= 0.6 is 11.6 Å². The minimum atomic E-state index is -0.0917. The second kappa shape index (κ2) is 3.99. The first-order chi connectivity index (χ1) is 8.66. The lowest BCUT2D eigenvalue weighted by atomic mass is 10.2. The van der Waals surface area contributed by atoms with E-state index in [0.29, 0.717) is 27.7 Å². The molecule has 2 heterocycles. The van der Waals surface area contributed by atoms with Gasteiger partial charge in [0.25, 0.3) is 0 Å². The molecule has 3 aromatic rings. The molecular weight excluding hydrogens is 252 g/mol. The molecule has 0 saturated heterocycles. The molecule has 0 spiro atoms. The minimum Gasteiger partial charge on any atom is -0.453 e. The van der Waals surface area contributed by atoms with Gasteiger partial charge in [0.15, 0.2) is 17.0 Å². The zero-order chi connectivity index (χ0) is 12.7. The van der Waals surface area contributed by atoms with Crippen molar-refractivity contribution in [1.29, 1.82) is 0 Å². The second-order valence-electron chi connectivity index (χ2n) is 3.93. The van der Waals surface area contributed by atoms with E-state index in [4.69, 9.17) is 16.0 Å². The standard InChI is InChI=1S/C13H9ClN2O2/c1-16-12(14)7-15-13(16)11-6-9(17)8-4-2-3-5-10(8)18-11/h2-7H,1H3. The molecule has 18 heavy (non-hydrogen) atoms. The first kappa shape index (κ1) is 11.0. The third-order valence-electron chi connectivity index (χ3n) is 2.79. The van der Waals surface area contributed by atoms with Crippen LogP contribution in [0.5, 0.6) is 0 Å². The molecule has 0 aliphatic rings. The average Bonchev–Trinajstić information content (AvgIpc) is 2.70. The van der Waals surface area contributed by atoms with Gasteiger partial charge >= 0.3 is 0 Å². The average molecular weight is 261 g/mol. The maximum atomic E-state index is 12.0. The fourth-order valence-electron chi connectivity index (χ4n) is 1.83. The van der Waals surface area contributed by atoms with E-state index in [0.717, 1.165) is 0 Å². The Labute approximate surface area is 107 Å². The smallest absolute Gasteiger partial charge is 0.193 e. The van der Waals surface area contributed by atoms with Gasteiger partial charge in [-0.15, -0.1) is 0 Å². The Bertz CT molecular complexity index is 789. The predicted octanol–water partition coefficient (Wildman–Crippen LogP) is 2.85. The molecule has 0 saturated carbocycles. The van der Waals surface area contributed by atoms with Gasteiger partial charge in [0.1, 0.15) is 10.7 Å². The molecule has 3 rings (SSSR count). The van der Waals surface area contributed by atoms with Gasteiger partial charge in [0.2, 0.25) is 0 Å². The van der Waals surface area contributed by atoms with Gasteiger partial charge in [-0.1, -0.05) is 23.7 Å². The van der Waals surface area contributed by atoms with Gasteiger partial charge in [-0.3, -0.25) is 4.79 Å². The van der Waals surface area contributed by atoms with Crippen molar-refractivity contribution in [1.82, 2.24) is 9.55 Å². The van der Waals surface area contributed by atoms with Crippen molar-refractivity contribution in [2.24, 2.45) is 7.05 Å². The highest BCUT2D eigenvalue weighted by atomic mass is 35.5. The molecule has 0 unspecified atom stereocenters. The van der Waals surface area contributed by atoms with Crippen molar-refractivity contribution in [3.8, 4) is 11.6 Å². The van der Waals surface area contributed by atoms with E-state index in [1.54, 1.807) is 29.8 Å². The lowest BCUT2D eigenvalue weighted by Crippen LogP contribution is -2.02. The molecule has 4 nitrogen and oxygen atoms in total. The van der Waals surface area contributed by atoms with Crippen molar-refractivity contribution in [2.75, 3.05) is 0 Å². The molecule has 0 atom stereocenters. The van der Waals surface area contributed by atoms with Crippen LogP contribution in [0, 0.1) is 0 Å². The van der Waals surface area contributed by atoms with Crippen LogP contribution < -0.4 is 5.43 Å². The molecule has 0 radical (unpaired) electrons. The first-order valence-corrected chi connectivity index (χ1v) is 5.75. The highest BCUT2D eigenvalue weighted by molar-refractivity contribution is 6.29. The molecule has 2 aromatic heterocycles. The van der Waals surface area contributed by atoms with Crippen LogP contribution in [0.15, 0.2) is 45.7 Å². The molecule has 90 valence electrons. The lowest BCUT2D eigenvalue weighted by molar-refractivity contribution is 0.608. The molecule has 5 heteroatoms. The van der Waals surface area contributed by atoms with Crippen molar-refractivity contribution in [3.05, 3.63) is 51.9 Å². The van der Waals surface area contributed by atoms with E-state index in [9.17, 15) is 4.79 Å². The third-order valence-corrected chi connectivity index (χ3v) is 3.14. The molecule has 0 N–H and O–H groups in total. The van der Waals surface area contributed by atoms with Crippen LogP contribution in [-0.4, -0.2) is 9.55 Å². The minimum absolute atomic E-state index is 0.0917. The van der Waals surface area contributed by atoms with E-state index in [1.165, 1.54) is 12.3 Å². The Morgan fingerprint density at radius 3 is 2.83 bits per heavy atom. The molecule has 0 fully saturated rings. The Morgan fingerprint density at radius 2 is 2.11 bits per heavy atom. The Hall–Kier alpha value is -2.07. The number of hydrogen-bond acceptors (Lipinski definition) is 3. The van der Waals surface area contributed by atoms with Crippen molar-refractivity contribution >= 4 is 22.6 Å². The number of para-hydroxylation sites is 1. The van der Waals surface area contributed by atoms with Crippen molar-refractivity contribution in [2.45, 2.75) is 0 Å². The molecule has 0 aliphatic heterocycles. The highest BCUT2D eigenvalue weighted by Gasteiger charge is 2.12. The van der Waals surface area contributed by atoms with Gasteiger partial charge in [-0.2, -0.15) is 0 Å². The molecule has 0 amide bonds. The largest absolute Gasteiger partial charge is 0.453 e. The highest BCUT2D eigenvalue weighted by Crippen LogP contribution is 2.22. The molecule has 0 aliphatic carbocycles. The summed E-state index contributed by atoms with van der Waals surface area (Å²) >= 11 is 5.92. The Kier molecular flexibility index (Phi) is 2.45. The van der Waals surface area contributed by atoms with E-state index in [-0.39, 0.29) is 5.43 Å². The van der Waals surface area contributed by atoms with E-state index >= 15 is 0 Å². The quantitative estimate of drug-likeness (QED) is 0.676. The molecular formula is C13H9ClN2O2. The number of hydrogen-bond donors (Lipinski definition) is 0. The summed E-state index contributed by atoms with van der Waals surface area (Å²) in [6, 6.07) is 8.54. The zero-order valence-electron chi connectivity index (χ0n) is 9.55. The van der Waals surface area contributed by atoms with Crippen LogP contribution in [0.25, 0.3) is 22.6 Å². The summed E-state index contributed by atoms with van der Waals surface area (Å²) < 4.78 is 7.34. The van der Waals surface area contributed by atoms with Gasteiger partial charge < -0.3 is 8.98 Å². The van der Waals surface area contributed by atoms with Crippen molar-refractivity contribution < 1.29 is 4.42 Å². The normalized spacial score (nSPS) is 11.0. The molecule has 1 aromatic carbocycles. The third kappa shape index (κ3) is 1.62. The zero-order valence-corrected chi connectivity index (χ0v) is 10.3. The van der Waals surface area contributed by atoms with Gasteiger partial charge in [-0.05, 0) is 12.1 Å². The number of rotatable bonds is 1.